The molecule has 0 aromatic carbocycles. The van der Waals surface area contributed by atoms with Gasteiger partial charge in [0.2, 0.25) is 0 Å². The van der Waals surface area contributed by atoms with Crippen molar-refractivity contribution in [1.29, 1.82) is 0 Å². The van der Waals surface area contributed by atoms with Gasteiger partial charge in [0.25, 0.3) is 0 Å². The number of rotatable bonds is 2. The molecular formula is C9H14N2O. The Labute approximate surface area is 72.0 Å². The second-order valence-electron chi connectivity index (χ2n) is 3.51. The first-order chi connectivity index (χ1) is 5.75. The number of nitrogens with zero attached hydrogens (tertiary/aromatic N) is 2. The summed E-state index contributed by atoms with van der Waals surface area (Å²) in [5, 5.41) is 13.5. The lowest BCUT2D eigenvalue weighted by Gasteiger charge is -1.98. The van der Waals surface area contributed by atoms with Crippen LogP contribution in [0.3, 0.4) is 0 Å². The first-order valence-corrected chi connectivity index (χ1v) is 4.49. The summed E-state index contributed by atoms with van der Waals surface area (Å²) >= 11 is 0. The van der Waals surface area contributed by atoms with E-state index >= 15 is 0 Å². The third-order valence-corrected chi connectivity index (χ3v) is 2.22. The molecule has 1 aromatic rings. The van der Waals surface area contributed by atoms with Gasteiger partial charge in [0.1, 0.15) is 0 Å². The molecule has 0 bridgehead atoms. The van der Waals surface area contributed by atoms with Gasteiger partial charge in [-0.2, -0.15) is 5.10 Å². The van der Waals surface area contributed by atoms with Crippen LogP contribution in [0.5, 0.6) is 0 Å². The van der Waals surface area contributed by atoms with Crippen LogP contribution in [0, 0.1) is 0 Å². The van der Waals surface area contributed by atoms with Gasteiger partial charge in [-0.3, -0.25) is 4.68 Å². The standard InChI is InChI=1S/C9H14N2O/c1-7(12)5-8-6-9-3-2-4-11(9)10-8/h6-7,12H,2-5H2,1H3. The summed E-state index contributed by atoms with van der Waals surface area (Å²) in [6.07, 6.45) is 2.77. The fraction of sp³-hybridized carbons (Fsp3) is 0.667. The van der Waals surface area contributed by atoms with Gasteiger partial charge in [-0.05, 0) is 25.8 Å². The van der Waals surface area contributed by atoms with Crippen molar-refractivity contribution >= 4 is 0 Å². The SMILES string of the molecule is CC(O)Cc1cc2n(n1)CCC2. The Morgan fingerprint density at radius 2 is 2.58 bits per heavy atom. The molecule has 0 fully saturated rings. The van der Waals surface area contributed by atoms with Crippen molar-refractivity contribution in [3.8, 4) is 0 Å². The molecule has 66 valence electrons. The van der Waals surface area contributed by atoms with Crippen molar-refractivity contribution in [2.75, 3.05) is 0 Å². The van der Waals surface area contributed by atoms with E-state index in [2.05, 4.69) is 15.8 Å². The highest BCUT2D eigenvalue weighted by Gasteiger charge is 2.13. The summed E-state index contributed by atoms with van der Waals surface area (Å²) < 4.78 is 2.05. The Balaban J connectivity index is 2.15. The van der Waals surface area contributed by atoms with Gasteiger partial charge in [0.15, 0.2) is 0 Å². The van der Waals surface area contributed by atoms with Crippen molar-refractivity contribution in [1.82, 2.24) is 9.78 Å². The van der Waals surface area contributed by atoms with Crippen molar-refractivity contribution in [3.05, 3.63) is 17.5 Å². The summed E-state index contributed by atoms with van der Waals surface area (Å²) in [4.78, 5) is 0. The minimum Gasteiger partial charge on any atom is -0.393 e. The summed E-state index contributed by atoms with van der Waals surface area (Å²) in [6, 6.07) is 2.11. The summed E-state index contributed by atoms with van der Waals surface area (Å²) in [5.41, 5.74) is 2.35. The minimum absolute atomic E-state index is 0.277. The average Bonchev–Trinajstić information content (AvgIpc) is 2.43. The van der Waals surface area contributed by atoms with E-state index in [1.54, 1.807) is 6.92 Å². The maximum absolute atomic E-state index is 9.15. The predicted molar refractivity (Wildman–Crippen MR) is 45.9 cm³/mol. The lowest BCUT2D eigenvalue weighted by Crippen LogP contribution is -2.05. The molecule has 1 aliphatic rings. The monoisotopic (exact) mass is 166 g/mol. The van der Waals surface area contributed by atoms with Crippen LogP contribution in [-0.2, 0) is 19.4 Å². The third-order valence-electron chi connectivity index (χ3n) is 2.22. The minimum atomic E-state index is -0.277. The summed E-state index contributed by atoms with van der Waals surface area (Å²) in [5.74, 6) is 0. The fourth-order valence-electron chi connectivity index (χ4n) is 1.72. The van der Waals surface area contributed by atoms with Gasteiger partial charge in [0, 0.05) is 18.7 Å². The number of aliphatic hydroxyl groups excluding tert-OH is 1. The van der Waals surface area contributed by atoms with Crippen LogP contribution < -0.4 is 0 Å². The number of fused-ring (bicyclic) bond motifs is 1. The van der Waals surface area contributed by atoms with Crippen molar-refractivity contribution in [2.24, 2.45) is 0 Å². The quantitative estimate of drug-likeness (QED) is 0.704. The number of hydrogen-bond donors (Lipinski definition) is 1. The second-order valence-corrected chi connectivity index (χ2v) is 3.51. The van der Waals surface area contributed by atoms with Crippen molar-refractivity contribution in [3.63, 3.8) is 0 Å². The molecule has 12 heavy (non-hydrogen) atoms. The smallest absolute Gasteiger partial charge is 0.0653 e. The molecule has 0 amide bonds. The molecule has 3 nitrogen and oxygen atoms in total. The van der Waals surface area contributed by atoms with Crippen LogP contribution in [0.2, 0.25) is 0 Å². The number of aromatic nitrogens is 2. The second kappa shape index (κ2) is 2.90. The largest absolute Gasteiger partial charge is 0.393 e. The lowest BCUT2D eigenvalue weighted by molar-refractivity contribution is 0.194. The molecule has 2 heterocycles. The van der Waals surface area contributed by atoms with E-state index in [0.717, 1.165) is 18.7 Å². The Kier molecular flexibility index (Phi) is 1.89. The molecule has 2 rings (SSSR count). The van der Waals surface area contributed by atoms with Gasteiger partial charge in [-0.1, -0.05) is 0 Å². The van der Waals surface area contributed by atoms with E-state index < -0.39 is 0 Å². The van der Waals surface area contributed by atoms with Gasteiger partial charge in [-0.25, -0.2) is 0 Å². The molecule has 1 N–H and O–H groups in total. The zero-order valence-electron chi connectivity index (χ0n) is 7.32. The van der Waals surface area contributed by atoms with Crippen LogP contribution in [-0.4, -0.2) is 21.0 Å². The molecule has 0 saturated heterocycles. The molecule has 1 aromatic heterocycles. The lowest BCUT2D eigenvalue weighted by atomic mass is 10.2. The van der Waals surface area contributed by atoms with Gasteiger partial charge < -0.3 is 5.11 Å². The fourth-order valence-corrected chi connectivity index (χ4v) is 1.72. The molecule has 0 aliphatic carbocycles. The zero-order chi connectivity index (χ0) is 8.55. The average molecular weight is 166 g/mol. The highest BCUT2D eigenvalue weighted by atomic mass is 16.3. The van der Waals surface area contributed by atoms with E-state index in [0.29, 0.717) is 6.42 Å². The number of aliphatic hydroxyl groups is 1. The highest BCUT2D eigenvalue weighted by molar-refractivity contribution is 5.13. The van der Waals surface area contributed by atoms with Gasteiger partial charge in [0.05, 0.1) is 11.8 Å². The zero-order valence-corrected chi connectivity index (χ0v) is 7.32. The van der Waals surface area contributed by atoms with Crippen LogP contribution in [0.4, 0.5) is 0 Å². The molecule has 1 unspecified atom stereocenters. The maximum atomic E-state index is 9.15. The van der Waals surface area contributed by atoms with Gasteiger partial charge in [-0.15, -0.1) is 0 Å². The molecule has 0 saturated carbocycles. The van der Waals surface area contributed by atoms with E-state index in [4.69, 9.17) is 5.11 Å². The van der Waals surface area contributed by atoms with Crippen LogP contribution in [0.15, 0.2) is 6.07 Å². The van der Waals surface area contributed by atoms with Crippen molar-refractivity contribution in [2.45, 2.75) is 38.8 Å². The Morgan fingerprint density at radius 1 is 1.75 bits per heavy atom. The van der Waals surface area contributed by atoms with Crippen LogP contribution in [0.1, 0.15) is 24.7 Å². The molecule has 0 spiro atoms. The molecule has 3 heteroatoms. The van der Waals surface area contributed by atoms with Crippen LogP contribution >= 0.6 is 0 Å². The Morgan fingerprint density at radius 3 is 3.25 bits per heavy atom. The van der Waals surface area contributed by atoms with Crippen molar-refractivity contribution < 1.29 is 5.11 Å². The predicted octanol–water partition coefficient (Wildman–Crippen LogP) is 0.753. The number of hydrogen-bond acceptors (Lipinski definition) is 2. The molecule has 1 atom stereocenters. The van der Waals surface area contributed by atoms with E-state index in [-0.39, 0.29) is 6.10 Å². The topological polar surface area (TPSA) is 38.0 Å². The first-order valence-electron chi connectivity index (χ1n) is 4.49. The maximum Gasteiger partial charge on any atom is 0.0653 e. The molecular weight excluding hydrogens is 152 g/mol. The van der Waals surface area contributed by atoms with E-state index in [1.165, 1.54) is 12.1 Å². The number of aryl methyl sites for hydroxylation is 2. The first kappa shape index (κ1) is 7.80. The normalized spacial score (nSPS) is 17.8. The molecule has 1 aliphatic heterocycles. The van der Waals surface area contributed by atoms with E-state index in [1.807, 2.05) is 0 Å². The summed E-state index contributed by atoms with van der Waals surface area (Å²) in [7, 11) is 0. The highest BCUT2D eigenvalue weighted by Crippen LogP contribution is 2.15. The third kappa shape index (κ3) is 1.37. The molecule has 0 radical (unpaired) electrons. The van der Waals surface area contributed by atoms with Crippen LogP contribution in [0.25, 0.3) is 0 Å². The van der Waals surface area contributed by atoms with Gasteiger partial charge >= 0.3 is 0 Å². The summed E-state index contributed by atoms with van der Waals surface area (Å²) in [6.45, 7) is 2.85. The Hall–Kier alpha value is -0.830. The Bertz CT molecular complexity index is 257. The van der Waals surface area contributed by atoms with E-state index in [9.17, 15) is 0 Å².